The molecular formula is C17H22N8O2. The van der Waals surface area contributed by atoms with E-state index in [0.717, 1.165) is 0 Å². The normalized spacial score (nSPS) is 11.3. The highest BCUT2D eigenvalue weighted by molar-refractivity contribution is 6.38. The largest absolute Gasteiger partial charge is 0.365 e. The number of carbonyl (C=O) groups excluding carboxylic acids is 2. The standard InChI is InChI=1S/C17H22N8O2/c1-9(2)6-13(15(19)27)23-17-21-8-12(14(18)26)16(24-17)22-10-4-3-5-11(7-10)25-20/h3-5,7-9,25H,6,20H2,1-2H3,(H2,18,26)(H2,19,27)(H,21,22,24)/b23-13+. The summed E-state index contributed by atoms with van der Waals surface area (Å²) in [7, 11) is 0. The Morgan fingerprint density at radius 2 is 1.93 bits per heavy atom. The van der Waals surface area contributed by atoms with Gasteiger partial charge in [0.1, 0.15) is 17.1 Å². The average Bonchev–Trinajstić information content (AvgIpc) is 2.60. The second kappa shape index (κ2) is 8.72. The van der Waals surface area contributed by atoms with Gasteiger partial charge in [0.25, 0.3) is 17.8 Å². The number of benzene rings is 1. The summed E-state index contributed by atoms with van der Waals surface area (Å²) in [6.45, 7) is 3.86. The quantitative estimate of drug-likeness (QED) is 0.263. The molecule has 2 aromatic rings. The molecule has 10 nitrogen and oxygen atoms in total. The number of anilines is 3. The molecule has 0 bridgehead atoms. The number of amides is 2. The Balaban J connectivity index is 2.44. The lowest BCUT2D eigenvalue weighted by Gasteiger charge is -2.11. The molecule has 0 aliphatic carbocycles. The minimum absolute atomic E-state index is 0.00921. The predicted molar refractivity (Wildman–Crippen MR) is 104 cm³/mol. The molecule has 0 saturated carbocycles. The molecule has 0 aliphatic rings. The third kappa shape index (κ3) is 5.47. The fraction of sp³-hybridized carbons (Fsp3) is 0.235. The van der Waals surface area contributed by atoms with Crippen LogP contribution in [0, 0.1) is 5.92 Å². The molecule has 0 unspecified atom stereocenters. The van der Waals surface area contributed by atoms with E-state index in [0.29, 0.717) is 17.8 Å². The maximum atomic E-state index is 11.7. The highest BCUT2D eigenvalue weighted by Crippen LogP contribution is 2.23. The van der Waals surface area contributed by atoms with Crippen molar-refractivity contribution in [2.75, 3.05) is 10.7 Å². The first-order valence-electron chi connectivity index (χ1n) is 8.18. The Hall–Kier alpha value is -3.53. The zero-order valence-electron chi connectivity index (χ0n) is 15.1. The predicted octanol–water partition coefficient (Wildman–Crippen LogP) is 1.21. The first-order valence-corrected chi connectivity index (χ1v) is 8.18. The van der Waals surface area contributed by atoms with Gasteiger partial charge in [-0.05, 0) is 30.5 Å². The van der Waals surface area contributed by atoms with Crippen molar-refractivity contribution >= 4 is 40.7 Å². The summed E-state index contributed by atoms with van der Waals surface area (Å²) < 4.78 is 0. The molecule has 2 amide bonds. The van der Waals surface area contributed by atoms with E-state index in [2.05, 4.69) is 25.7 Å². The number of hydrogen-bond acceptors (Lipinski definition) is 8. The fourth-order valence-corrected chi connectivity index (χ4v) is 2.23. The monoisotopic (exact) mass is 370 g/mol. The van der Waals surface area contributed by atoms with Crippen LogP contribution >= 0.6 is 0 Å². The number of rotatable bonds is 8. The number of aromatic nitrogens is 2. The van der Waals surface area contributed by atoms with Crippen LogP contribution in [0.15, 0.2) is 35.5 Å². The lowest BCUT2D eigenvalue weighted by molar-refractivity contribution is -0.112. The number of nitrogens with one attached hydrogen (secondary N) is 2. The van der Waals surface area contributed by atoms with Crippen molar-refractivity contribution in [3.05, 3.63) is 36.0 Å². The molecule has 0 atom stereocenters. The summed E-state index contributed by atoms with van der Waals surface area (Å²) in [6.07, 6.45) is 1.62. The van der Waals surface area contributed by atoms with Gasteiger partial charge in [0.15, 0.2) is 0 Å². The van der Waals surface area contributed by atoms with Crippen LogP contribution in [0.2, 0.25) is 0 Å². The van der Waals surface area contributed by atoms with E-state index in [9.17, 15) is 9.59 Å². The van der Waals surface area contributed by atoms with Crippen LogP contribution in [0.25, 0.3) is 0 Å². The summed E-state index contributed by atoms with van der Waals surface area (Å²) in [6, 6.07) is 6.99. The maximum absolute atomic E-state index is 11.7. The van der Waals surface area contributed by atoms with Crippen LogP contribution in [0.1, 0.15) is 30.6 Å². The Morgan fingerprint density at radius 3 is 2.52 bits per heavy atom. The highest BCUT2D eigenvalue weighted by Gasteiger charge is 2.15. The number of carbonyl (C=O) groups is 2. The number of hydrazine groups is 1. The number of nitrogen functional groups attached to an aromatic ring is 1. The molecule has 8 N–H and O–H groups in total. The summed E-state index contributed by atoms with van der Waals surface area (Å²) >= 11 is 0. The average molecular weight is 370 g/mol. The molecule has 0 spiro atoms. The molecule has 1 aromatic carbocycles. The van der Waals surface area contributed by atoms with Crippen molar-refractivity contribution in [2.45, 2.75) is 20.3 Å². The summed E-state index contributed by atoms with van der Waals surface area (Å²) in [4.78, 5) is 35.6. The van der Waals surface area contributed by atoms with Crippen molar-refractivity contribution in [3.8, 4) is 0 Å². The van der Waals surface area contributed by atoms with Crippen molar-refractivity contribution in [3.63, 3.8) is 0 Å². The van der Waals surface area contributed by atoms with Crippen LogP contribution in [-0.2, 0) is 4.79 Å². The van der Waals surface area contributed by atoms with E-state index in [1.54, 1.807) is 24.3 Å². The number of nitrogens with two attached hydrogens (primary N) is 3. The summed E-state index contributed by atoms with van der Waals surface area (Å²) in [5, 5.41) is 2.98. The molecule has 2 rings (SSSR count). The minimum Gasteiger partial charge on any atom is -0.365 e. The molecule has 1 aromatic heterocycles. The van der Waals surface area contributed by atoms with Gasteiger partial charge < -0.3 is 22.2 Å². The Morgan fingerprint density at radius 1 is 1.22 bits per heavy atom. The number of primary amides is 2. The first kappa shape index (κ1) is 19.8. The third-order valence-electron chi connectivity index (χ3n) is 3.45. The van der Waals surface area contributed by atoms with Gasteiger partial charge in [-0.15, -0.1) is 0 Å². The van der Waals surface area contributed by atoms with Crippen LogP contribution < -0.4 is 28.1 Å². The number of nitrogens with zero attached hydrogens (tertiary/aromatic N) is 3. The molecule has 0 radical (unpaired) electrons. The second-order valence-electron chi connectivity index (χ2n) is 6.17. The molecule has 0 saturated heterocycles. The van der Waals surface area contributed by atoms with E-state index in [1.165, 1.54) is 6.20 Å². The lowest BCUT2D eigenvalue weighted by atomic mass is 10.1. The molecule has 10 heteroatoms. The Kier molecular flexibility index (Phi) is 6.39. The van der Waals surface area contributed by atoms with Gasteiger partial charge in [-0.3, -0.25) is 15.4 Å². The highest BCUT2D eigenvalue weighted by atomic mass is 16.1. The van der Waals surface area contributed by atoms with Gasteiger partial charge in [-0.25, -0.2) is 9.98 Å². The van der Waals surface area contributed by atoms with Crippen LogP contribution in [0.4, 0.5) is 23.1 Å². The third-order valence-corrected chi connectivity index (χ3v) is 3.45. The van der Waals surface area contributed by atoms with Gasteiger partial charge in [0, 0.05) is 11.9 Å². The molecule has 1 heterocycles. The molecule has 142 valence electrons. The van der Waals surface area contributed by atoms with Crippen molar-refractivity contribution in [1.82, 2.24) is 9.97 Å². The zero-order valence-corrected chi connectivity index (χ0v) is 15.1. The maximum Gasteiger partial charge on any atom is 0.263 e. The van der Waals surface area contributed by atoms with Crippen LogP contribution in [0.3, 0.4) is 0 Å². The van der Waals surface area contributed by atoms with Gasteiger partial charge in [-0.1, -0.05) is 19.9 Å². The van der Waals surface area contributed by atoms with Gasteiger partial charge in [-0.2, -0.15) is 4.98 Å². The topological polar surface area (TPSA) is 174 Å². The van der Waals surface area contributed by atoms with Crippen molar-refractivity contribution < 1.29 is 9.59 Å². The van der Waals surface area contributed by atoms with Gasteiger partial charge in [0.2, 0.25) is 0 Å². The zero-order chi connectivity index (χ0) is 20.0. The number of hydrogen-bond donors (Lipinski definition) is 5. The second-order valence-corrected chi connectivity index (χ2v) is 6.17. The summed E-state index contributed by atoms with van der Waals surface area (Å²) in [5.41, 5.74) is 14.8. The van der Waals surface area contributed by atoms with E-state index in [-0.39, 0.29) is 29.0 Å². The van der Waals surface area contributed by atoms with E-state index >= 15 is 0 Å². The molecule has 0 aliphatic heterocycles. The smallest absolute Gasteiger partial charge is 0.263 e. The van der Waals surface area contributed by atoms with E-state index < -0.39 is 11.8 Å². The fourth-order valence-electron chi connectivity index (χ4n) is 2.23. The first-order chi connectivity index (χ1) is 12.8. The Labute approximate surface area is 156 Å². The Bertz CT molecular complexity index is 879. The molecular weight excluding hydrogens is 348 g/mol. The van der Waals surface area contributed by atoms with E-state index in [4.69, 9.17) is 17.3 Å². The SMILES string of the molecule is CC(C)C/C(=N\c1ncc(C(N)=O)c(Nc2cccc(NN)c2)n1)C(N)=O. The lowest BCUT2D eigenvalue weighted by Crippen LogP contribution is -2.24. The van der Waals surface area contributed by atoms with Crippen molar-refractivity contribution in [1.29, 1.82) is 0 Å². The molecule has 0 fully saturated rings. The summed E-state index contributed by atoms with van der Waals surface area (Å²) in [5.74, 6) is 4.35. The van der Waals surface area contributed by atoms with Gasteiger partial charge >= 0.3 is 0 Å². The van der Waals surface area contributed by atoms with Crippen molar-refractivity contribution in [2.24, 2.45) is 28.2 Å². The minimum atomic E-state index is -0.710. The molecule has 27 heavy (non-hydrogen) atoms. The van der Waals surface area contributed by atoms with Crippen LogP contribution in [-0.4, -0.2) is 27.5 Å². The van der Waals surface area contributed by atoms with Crippen LogP contribution in [0.5, 0.6) is 0 Å². The van der Waals surface area contributed by atoms with Gasteiger partial charge in [0.05, 0.1) is 5.69 Å². The van der Waals surface area contributed by atoms with E-state index in [1.807, 2.05) is 13.8 Å². The number of aliphatic imine (C=N–C) groups is 1.